The molecule has 3 nitrogen and oxygen atoms in total. The summed E-state index contributed by atoms with van der Waals surface area (Å²) in [6.45, 7) is 7.69. The third-order valence-electron chi connectivity index (χ3n) is 3.95. The van der Waals surface area contributed by atoms with Gasteiger partial charge in [-0.1, -0.05) is 20.8 Å². The lowest BCUT2D eigenvalue weighted by molar-refractivity contribution is 0.506. The fraction of sp³-hybridized carbons (Fsp3) is 0.600. The molecule has 3 rings (SSSR count). The monoisotopic (exact) mass is 307 g/mol. The van der Waals surface area contributed by atoms with Gasteiger partial charge in [0.1, 0.15) is 0 Å². The molecule has 2 aromatic heterocycles. The Kier molecular flexibility index (Phi) is 3.82. The largest absolute Gasteiger partial charge is 0.300 e. The van der Waals surface area contributed by atoms with Crippen LogP contribution in [-0.4, -0.2) is 14.8 Å². The average molecular weight is 307 g/mol. The van der Waals surface area contributed by atoms with Gasteiger partial charge >= 0.3 is 0 Å². The van der Waals surface area contributed by atoms with E-state index in [1.807, 2.05) is 11.3 Å². The Balaban J connectivity index is 2.04. The van der Waals surface area contributed by atoms with Crippen LogP contribution >= 0.6 is 23.6 Å². The summed E-state index contributed by atoms with van der Waals surface area (Å²) in [7, 11) is 0. The maximum atomic E-state index is 5.39. The van der Waals surface area contributed by atoms with E-state index in [1.165, 1.54) is 30.4 Å². The van der Waals surface area contributed by atoms with Gasteiger partial charge in [0.05, 0.1) is 0 Å². The third-order valence-corrected chi connectivity index (χ3v) is 5.31. The molecule has 0 bridgehead atoms. The predicted molar refractivity (Wildman–Crippen MR) is 86.8 cm³/mol. The van der Waals surface area contributed by atoms with Crippen molar-refractivity contribution in [3.63, 3.8) is 0 Å². The first kappa shape index (κ1) is 14.0. The first-order chi connectivity index (χ1) is 9.56. The van der Waals surface area contributed by atoms with E-state index < -0.39 is 0 Å². The quantitative estimate of drug-likeness (QED) is 0.850. The van der Waals surface area contributed by atoms with Crippen molar-refractivity contribution >= 4 is 23.6 Å². The van der Waals surface area contributed by atoms with Crippen LogP contribution in [0.3, 0.4) is 0 Å². The van der Waals surface area contributed by atoms with Crippen LogP contribution < -0.4 is 0 Å². The molecule has 2 aromatic rings. The Bertz CT molecular complexity index is 663. The highest BCUT2D eigenvalue weighted by Crippen LogP contribution is 2.37. The lowest BCUT2D eigenvalue weighted by Crippen LogP contribution is -2.11. The van der Waals surface area contributed by atoms with Gasteiger partial charge in [0.2, 0.25) is 0 Å². The average Bonchev–Trinajstić information content (AvgIpc) is 2.93. The van der Waals surface area contributed by atoms with Crippen molar-refractivity contribution in [1.82, 2.24) is 14.8 Å². The number of hydrogen-bond acceptors (Lipinski definition) is 3. The van der Waals surface area contributed by atoms with Gasteiger partial charge in [-0.2, -0.15) is 5.10 Å². The molecule has 0 spiro atoms. The Morgan fingerprint density at radius 2 is 2.35 bits per heavy atom. The zero-order chi connectivity index (χ0) is 14.3. The molecule has 0 saturated carbocycles. The molecule has 1 aliphatic rings. The fourth-order valence-electron chi connectivity index (χ4n) is 2.92. The van der Waals surface area contributed by atoms with E-state index in [9.17, 15) is 0 Å². The highest BCUT2D eigenvalue weighted by molar-refractivity contribution is 7.71. The predicted octanol–water partition coefficient (Wildman–Crippen LogP) is 4.45. The fourth-order valence-corrected chi connectivity index (χ4v) is 4.37. The van der Waals surface area contributed by atoms with Gasteiger partial charge in [0.25, 0.3) is 0 Å². The number of rotatable bonds is 3. The zero-order valence-electron chi connectivity index (χ0n) is 12.3. The number of hydrogen-bond donors (Lipinski definition) is 1. The SMILES string of the molecule is CC(C)Cn1c(-c2csc3c2CCC(C)C3)n[nH]c1=S. The van der Waals surface area contributed by atoms with Gasteiger partial charge < -0.3 is 0 Å². The second kappa shape index (κ2) is 5.45. The number of aromatic nitrogens is 3. The molecule has 0 saturated heterocycles. The van der Waals surface area contributed by atoms with Gasteiger partial charge in [0, 0.05) is 22.4 Å². The van der Waals surface area contributed by atoms with Crippen LogP contribution in [0.2, 0.25) is 0 Å². The third kappa shape index (κ3) is 2.49. The van der Waals surface area contributed by atoms with E-state index >= 15 is 0 Å². The summed E-state index contributed by atoms with van der Waals surface area (Å²) in [6, 6.07) is 0. The smallest absolute Gasteiger partial charge is 0.195 e. The topological polar surface area (TPSA) is 33.6 Å². The number of thiophene rings is 1. The normalized spacial score (nSPS) is 18.5. The number of fused-ring (bicyclic) bond motifs is 1. The first-order valence-electron chi connectivity index (χ1n) is 7.31. The molecular weight excluding hydrogens is 286 g/mol. The number of H-pyrrole nitrogens is 1. The first-order valence-corrected chi connectivity index (χ1v) is 8.60. The molecule has 108 valence electrons. The van der Waals surface area contributed by atoms with Gasteiger partial charge in [-0.05, 0) is 48.9 Å². The van der Waals surface area contributed by atoms with E-state index in [1.54, 1.807) is 4.88 Å². The molecule has 20 heavy (non-hydrogen) atoms. The lowest BCUT2D eigenvalue weighted by atomic mass is 9.88. The van der Waals surface area contributed by atoms with Crippen LogP contribution in [0.25, 0.3) is 11.4 Å². The van der Waals surface area contributed by atoms with E-state index in [2.05, 4.69) is 40.9 Å². The molecule has 0 radical (unpaired) electrons. The van der Waals surface area contributed by atoms with E-state index in [0.717, 1.165) is 23.1 Å². The van der Waals surface area contributed by atoms with E-state index in [4.69, 9.17) is 12.2 Å². The van der Waals surface area contributed by atoms with Crippen LogP contribution in [0.1, 0.15) is 37.6 Å². The summed E-state index contributed by atoms with van der Waals surface area (Å²) >= 11 is 7.27. The standard InChI is InChI=1S/C15H21N3S2/c1-9(2)7-18-14(16-17-15(18)19)12-8-20-13-6-10(3)4-5-11(12)13/h8-10H,4-7H2,1-3H3,(H,17,19). The van der Waals surface area contributed by atoms with Crippen molar-refractivity contribution in [2.75, 3.05) is 0 Å². The van der Waals surface area contributed by atoms with Crippen molar-refractivity contribution in [2.24, 2.45) is 11.8 Å². The van der Waals surface area contributed by atoms with Crippen molar-refractivity contribution in [3.05, 3.63) is 20.6 Å². The Labute approximate surface area is 129 Å². The van der Waals surface area contributed by atoms with Crippen LogP contribution in [-0.2, 0) is 19.4 Å². The minimum absolute atomic E-state index is 0.563. The lowest BCUT2D eigenvalue weighted by Gasteiger charge is -2.19. The minimum atomic E-state index is 0.563. The molecule has 0 aliphatic heterocycles. The molecule has 0 fully saturated rings. The number of nitrogens with zero attached hydrogens (tertiary/aromatic N) is 2. The Morgan fingerprint density at radius 3 is 3.10 bits per heavy atom. The van der Waals surface area contributed by atoms with E-state index in [0.29, 0.717) is 5.92 Å². The van der Waals surface area contributed by atoms with Gasteiger partial charge in [-0.15, -0.1) is 11.3 Å². The molecule has 5 heteroatoms. The molecule has 0 aromatic carbocycles. The van der Waals surface area contributed by atoms with Crippen LogP contribution in [0.5, 0.6) is 0 Å². The summed E-state index contributed by atoms with van der Waals surface area (Å²) in [5.41, 5.74) is 2.80. The molecule has 1 unspecified atom stereocenters. The van der Waals surface area contributed by atoms with Crippen molar-refractivity contribution in [3.8, 4) is 11.4 Å². The second-order valence-corrected chi connectivity index (χ2v) is 7.61. The summed E-state index contributed by atoms with van der Waals surface area (Å²) in [4.78, 5) is 1.55. The Morgan fingerprint density at radius 1 is 1.55 bits per heavy atom. The molecular formula is C15H21N3S2. The molecule has 1 aliphatic carbocycles. The zero-order valence-corrected chi connectivity index (χ0v) is 13.9. The Hall–Kier alpha value is -0.940. The minimum Gasteiger partial charge on any atom is -0.300 e. The van der Waals surface area contributed by atoms with Crippen molar-refractivity contribution < 1.29 is 0 Å². The molecule has 1 atom stereocenters. The number of aromatic amines is 1. The highest BCUT2D eigenvalue weighted by atomic mass is 32.1. The van der Waals surface area contributed by atoms with Gasteiger partial charge in [-0.25, -0.2) is 0 Å². The molecule has 1 N–H and O–H groups in total. The molecule has 0 amide bonds. The second-order valence-electron chi connectivity index (χ2n) is 6.26. The van der Waals surface area contributed by atoms with Crippen LogP contribution in [0.4, 0.5) is 0 Å². The molecule has 2 heterocycles. The summed E-state index contributed by atoms with van der Waals surface area (Å²) < 4.78 is 2.89. The number of nitrogens with one attached hydrogen (secondary N) is 1. The van der Waals surface area contributed by atoms with Crippen molar-refractivity contribution in [1.29, 1.82) is 0 Å². The van der Waals surface area contributed by atoms with Gasteiger partial charge in [0.15, 0.2) is 10.6 Å². The van der Waals surface area contributed by atoms with Crippen LogP contribution in [0, 0.1) is 16.6 Å². The summed E-state index contributed by atoms with van der Waals surface area (Å²) in [5.74, 6) is 2.40. The summed E-state index contributed by atoms with van der Waals surface area (Å²) in [5, 5.41) is 9.73. The van der Waals surface area contributed by atoms with E-state index in [-0.39, 0.29) is 0 Å². The highest BCUT2D eigenvalue weighted by Gasteiger charge is 2.23. The van der Waals surface area contributed by atoms with Crippen LogP contribution in [0.15, 0.2) is 5.38 Å². The summed E-state index contributed by atoms with van der Waals surface area (Å²) in [6.07, 6.45) is 3.68. The maximum absolute atomic E-state index is 5.39. The maximum Gasteiger partial charge on any atom is 0.195 e. The van der Waals surface area contributed by atoms with Crippen molar-refractivity contribution in [2.45, 2.75) is 46.6 Å². The van der Waals surface area contributed by atoms with Gasteiger partial charge in [-0.3, -0.25) is 9.67 Å².